The number of aryl methyl sites for hydroxylation is 1. The Labute approximate surface area is 97.2 Å². The Balaban J connectivity index is 2.82. The second-order valence-electron chi connectivity index (χ2n) is 3.95. The average molecular weight is 219 g/mol. The van der Waals surface area contributed by atoms with Gasteiger partial charge in [0.1, 0.15) is 5.75 Å². The molecule has 1 heterocycles. The lowest BCUT2D eigenvalue weighted by Crippen LogP contribution is -2.04. The van der Waals surface area contributed by atoms with Crippen LogP contribution in [0.15, 0.2) is 18.2 Å². The third kappa shape index (κ3) is 1.57. The molecule has 0 aliphatic heterocycles. The number of ether oxygens (including phenoxy) is 1. The summed E-state index contributed by atoms with van der Waals surface area (Å²) in [5.74, 6) is 0.612. The van der Waals surface area contributed by atoms with E-state index >= 15 is 0 Å². The van der Waals surface area contributed by atoms with Crippen LogP contribution < -0.4 is 10.5 Å². The Morgan fingerprint density at radius 1 is 1.50 bits per heavy atom. The topological polar surface area (TPSA) is 40.2 Å². The summed E-state index contributed by atoms with van der Waals surface area (Å²) in [6.45, 7) is 2.66. The molecule has 0 saturated carbocycles. The number of benzene rings is 1. The number of fused-ring (bicyclic) bond motifs is 1. The quantitative estimate of drug-likeness (QED) is 0.857. The molecule has 0 unspecified atom stereocenters. The van der Waals surface area contributed by atoms with Gasteiger partial charge >= 0.3 is 0 Å². The van der Waals surface area contributed by atoms with E-state index < -0.39 is 0 Å². The monoisotopic (exact) mass is 219 g/mol. The fourth-order valence-electron chi connectivity index (χ4n) is 2.11. The van der Waals surface area contributed by atoms with Crippen molar-refractivity contribution in [3.05, 3.63) is 29.4 Å². The van der Waals surface area contributed by atoms with Crippen LogP contribution in [0, 0.1) is 6.92 Å². The van der Waals surface area contributed by atoms with Gasteiger partial charge in [-0.15, -0.1) is 0 Å². The molecular formula is C13H18N2O. The van der Waals surface area contributed by atoms with Crippen LogP contribution in [0.2, 0.25) is 0 Å². The van der Waals surface area contributed by atoms with E-state index in [1.807, 2.05) is 19.2 Å². The van der Waals surface area contributed by atoms with Crippen LogP contribution >= 0.6 is 0 Å². The minimum atomic E-state index is 0.456. The first-order valence-electron chi connectivity index (χ1n) is 5.93. The third-order valence-electron chi connectivity index (χ3n) is 3.11. The van der Waals surface area contributed by atoms with Crippen molar-refractivity contribution in [1.82, 2.24) is 4.57 Å². The molecule has 3 heteroatoms. The van der Waals surface area contributed by atoms with Crippen LogP contribution in [0.3, 0.4) is 0 Å². The number of nitrogens with zero attached hydrogens (tertiary/aromatic N) is 1. The van der Waals surface area contributed by atoms with E-state index in [4.69, 9.17) is 11.8 Å². The predicted molar refractivity (Wildman–Crippen MR) is 67.0 cm³/mol. The molecule has 0 amide bonds. The summed E-state index contributed by atoms with van der Waals surface area (Å²) in [6, 6.07) is 4.30. The van der Waals surface area contributed by atoms with E-state index in [1.165, 1.54) is 5.69 Å². The Hall–Kier alpha value is -1.48. The van der Waals surface area contributed by atoms with Gasteiger partial charge in [-0.05, 0) is 43.6 Å². The largest absolute Gasteiger partial charge is 0.497 e. The van der Waals surface area contributed by atoms with Crippen LogP contribution in [-0.4, -0.2) is 18.2 Å². The zero-order valence-electron chi connectivity index (χ0n) is 11.0. The van der Waals surface area contributed by atoms with E-state index in [1.54, 1.807) is 7.11 Å². The highest BCUT2D eigenvalue weighted by atomic mass is 16.5. The summed E-state index contributed by atoms with van der Waals surface area (Å²) >= 11 is 0. The van der Waals surface area contributed by atoms with Gasteiger partial charge in [-0.3, -0.25) is 0 Å². The summed E-state index contributed by atoms with van der Waals surface area (Å²) in [5, 5.41) is 0.967. The molecular weight excluding hydrogens is 200 g/mol. The Kier molecular flexibility index (Phi) is 2.54. The molecule has 1 aromatic heterocycles. The normalized spacial score (nSPS) is 11.9. The predicted octanol–water partition coefficient (Wildman–Crippen LogP) is 2.00. The Morgan fingerprint density at radius 3 is 2.88 bits per heavy atom. The highest BCUT2D eigenvalue weighted by Gasteiger charge is 2.11. The van der Waals surface area contributed by atoms with Gasteiger partial charge in [-0.1, -0.05) is 0 Å². The van der Waals surface area contributed by atoms with Crippen molar-refractivity contribution in [2.75, 3.05) is 13.7 Å². The van der Waals surface area contributed by atoms with E-state index in [9.17, 15) is 0 Å². The maximum Gasteiger partial charge on any atom is 0.119 e. The summed E-state index contributed by atoms with van der Waals surface area (Å²) in [4.78, 5) is 0. The van der Waals surface area contributed by atoms with Gasteiger partial charge in [0.15, 0.2) is 0 Å². The molecule has 0 fully saturated rings. The van der Waals surface area contributed by atoms with Crippen molar-refractivity contribution in [2.24, 2.45) is 12.8 Å². The smallest absolute Gasteiger partial charge is 0.119 e. The molecule has 0 bridgehead atoms. The third-order valence-corrected chi connectivity index (χ3v) is 3.11. The van der Waals surface area contributed by atoms with Crippen LogP contribution in [0.4, 0.5) is 0 Å². The first-order chi connectivity index (χ1) is 8.11. The molecule has 0 saturated heterocycles. The molecule has 16 heavy (non-hydrogen) atoms. The molecule has 1 aromatic carbocycles. The second-order valence-corrected chi connectivity index (χ2v) is 3.95. The lowest BCUT2D eigenvalue weighted by Gasteiger charge is -2.01. The van der Waals surface area contributed by atoms with Crippen LogP contribution in [0.25, 0.3) is 10.9 Å². The fourth-order valence-corrected chi connectivity index (χ4v) is 2.11. The van der Waals surface area contributed by atoms with Crippen molar-refractivity contribution in [1.29, 1.82) is 0 Å². The Bertz CT molecular complexity index is 560. The number of methoxy groups -OCH3 is 1. The first-order valence-corrected chi connectivity index (χ1v) is 5.43. The first kappa shape index (κ1) is 9.73. The molecule has 3 nitrogen and oxygen atoms in total. The number of nitrogens with two attached hydrogens (primary N) is 1. The van der Waals surface area contributed by atoms with Crippen LogP contribution in [-0.2, 0) is 13.5 Å². The average Bonchev–Trinajstić information content (AvgIpc) is 2.56. The summed E-state index contributed by atoms with van der Waals surface area (Å²) in [6.07, 6.45) is 0.794. The summed E-state index contributed by atoms with van der Waals surface area (Å²) < 4.78 is 15.5. The number of hydrogen-bond acceptors (Lipinski definition) is 2. The summed E-state index contributed by atoms with van der Waals surface area (Å²) in [5.41, 5.74) is 9.05. The van der Waals surface area contributed by atoms with Crippen molar-refractivity contribution >= 4 is 10.9 Å². The van der Waals surface area contributed by atoms with E-state index in [2.05, 4.69) is 11.5 Å². The molecule has 0 aliphatic rings. The number of rotatable bonds is 3. The maximum absolute atomic E-state index is 8.19. The molecule has 0 spiro atoms. The second kappa shape index (κ2) is 4.18. The molecule has 0 atom stereocenters. The van der Waals surface area contributed by atoms with Gasteiger partial charge in [-0.2, -0.15) is 0 Å². The summed E-state index contributed by atoms with van der Waals surface area (Å²) in [7, 11) is 3.61. The minimum Gasteiger partial charge on any atom is -0.497 e. The highest BCUT2D eigenvalue weighted by molar-refractivity contribution is 5.86. The number of hydrogen-bond donors (Lipinski definition) is 1. The molecule has 0 aliphatic carbocycles. The standard InChI is InChI=1S/C13H18N2O/c1-9-11(6-7-14)12-8-10(16-3)4-5-13(12)15(9)2/h4-5,8H,6-7,14H2,1-3H3/i8D. The fraction of sp³-hybridized carbons (Fsp3) is 0.385. The van der Waals surface area contributed by atoms with Crippen molar-refractivity contribution in [3.63, 3.8) is 0 Å². The molecule has 2 rings (SSSR count). The van der Waals surface area contributed by atoms with Gasteiger partial charge in [-0.25, -0.2) is 0 Å². The van der Waals surface area contributed by atoms with E-state index in [-0.39, 0.29) is 0 Å². The van der Waals surface area contributed by atoms with Gasteiger partial charge in [0, 0.05) is 23.6 Å². The molecule has 2 aromatic rings. The van der Waals surface area contributed by atoms with Crippen molar-refractivity contribution < 1.29 is 6.11 Å². The minimum absolute atomic E-state index is 0.456. The van der Waals surface area contributed by atoms with Crippen molar-refractivity contribution in [3.8, 4) is 5.75 Å². The maximum atomic E-state index is 8.19. The highest BCUT2D eigenvalue weighted by Crippen LogP contribution is 2.28. The molecule has 0 radical (unpaired) electrons. The van der Waals surface area contributed by atoms with Crippen molar-refractivity contribution in [2.45, 2.75) is 13.3 Å². The van der Waals surface area contributed by atoms with E-state index in [0.717, 1.165) is 22.9 Å². The SMILES string of the molecule is [2H]c1c(OC)ccc2c1c(CCN)c(C)n2C. The van der Waals surface area contributed by atoms with Gasteiger partial charge in [0.05, 0.1) is 8.48 Å². The van der Waals surface area contributed by atoms with Gasteiger partial charge in [0.2, 0.25) is 0 Å². The van der Waals surface area contributed by atoms with Gasteiger partial charge < -0.3 is 15.0 Å². The lowest BCUT2D eigenvalue weighted by molar-refractivity contribution is 0.415. The Morgan fingerprint density at radius 2 is 2.25 bits per heavy atom. The number of aromatic nitrogens is 1. The van der Waals surface area contributed by atoms with E-state index in [0.29, 0.717) is 18.3 Å². The lowest BCUT2D eigenvalue weighted by atomic mass is 10.1. The molecule has 86 valence electrons. The zero-order valence-corrected chi connectivity index (χ0v) is 10.0. The van der Waals surface area contributed by atoms with Crippen LogP contribution in [0.5, 0.6) is 5.75 Å². The zero-order chi connectivity index (χ0) is 12.6. The van der Waals surface area contributed by atoms with Crippen LogP contribution in [0.1, 0.15) is 12.6 Å². The molecule has 2 N–H and O–H groups in total. The van der Waals surface area contributed by atoms with Gasteiger partial charge in [0.25, 0.3) is 0 Å².